The standard InChI is InChI=1S/C19H23NO3/c1-12-16-14(21)9-19(2,3)10-15(16)23-17(12)18(22)20-11-13-7-5-4-6-8-13/h4-8,14,21H,9-11H2,1-3H3,(H,20,22)/t14-/m1/s1. The van der Waals surface area contributed by atoms with E-state index in [1.165, 1.54) is 0 Å². The molecule has 0 aliphatic heterocycles. The van der Waals surface area contributed by atoms with Gasteiger partial charge in [-0.2, -0.15) is 0 Å². The molecule has 1 amide bonds. The Balaban J connectivity index is 1.80. The average Bonchev–Trinajstić information content (AvgIpc) is 2.81. The third-order valence-corrected chi connectivity index (χ3v) is 4.49. The molecule has 0 spiro atoms. The van der Waals surface area contributed by atoms with Gasteiger partial charge in [0.25, 0.3) is 5.91 Å². The number of hydrogen-bond acceptors (Lipinski definition) is 3. The fourth-order valence-corrected chi connectivity index (χ4v) is 3.36. The van der Waals surface area contributed by atoms with Crippen LogP contribution >= 0.6 is 0 Å². The third kappa shape index (κ3) is 3.17. The molecule has 1 atom stereocenters. The van der Waals surface area contributed by atoms with E-state index in [0.29, 0.717) is 18.7 Å². The third-order valence-electron chi connectivity index (χ3n) is 4.49. The van der Waals surface area contributed by atoms with Crippen LogP contribution in [0, 0.1) is 12.3 Å². The minimum Gasteiger partial charge on any atom is -0.455 e. The summed E-state index contributed by atoms with van der Waals surface area (Å²) in [7, 11) is 0. The van der Waals surface area contributed by atoms with E-state index in [2.05, 4.69) is 19.2 Å². The number of carbonyl (C=O) groups excluding carboxylic acids is 1. The molecule has 0 saturated heterocycles. The van der Waals surface area contributed by atoms with Crippen LogP contribution in [0.5, 0.6) is 0 Å². The first-order valence-electron chi connectivity index (χ1n) is 8.00. The van der Waals surface area contributed by atoms with Gasteiger partial charge in [0.05, 0.1) is 6.10 Å². The zero-order valence-corrected chi connectivity index (χ0v) is 13.8. The SMILES string of the molecule is Cc1c(C(=O)NCc2ccccc2)oc2c1[C@H](O)CC(C)(C)C2. The van der Waals surface area contributed by atoms with Gasteiger partial charge in [-0.3, -0.25) is 4.79 Å². The highest BCUT2D eigenvalue weighted by Gasteiger charge is 2.37. The van der Waals surface area contributed by atoms with E-state index >= 15 is 0 Å². The van der Waals surface area contributed by atoms with Crippen molar-refractivity contribution in [1.29, 1.82) is 0 Å². The summed E-state index contributed by atoms with van der Waals surface area (Å²) in [4.78, 5) is 12.4. The summed E-state index contributed by atoms with van der Waals surface area (Å²) in [6.07, 6.45) is 0.866. The lowest BCUT2D eigenvalue weighted by Gasteiger charge is -2.31. The molecule has 23 heavy (non-hydrogen) atoms. The average molecular weight is 313 g/mol. The molecular formula is C19H23NO3. The Morgan fingerprint density at radius 1 is 1.35 bits per heavy atom. The van der Waals surface area contributed by atoms with Crippen molar-refractivity contribution in [3.05, 3.63) is 58.5 Å². The van der Waals surface area contributed by atoms with Gasteiger partial charge in [0, 0.05) is 24.1 Å². The smallest absolute Gasteiger partial charge is 0.287 e. The maximum Gasteiger partial charge on any atom is 0.287 e. The fraction of sp³-hybridized carbons (Fsp3) is 0.421. The van der Waals surface area contributed by atoms with E-state index in [1.807, 2.05) is 37.3 Å². The van der Waals surface area contributed by atoms with Crippen molar-refractivity contribution in [1.82, 2.24) is 5.32 Å². The van der Waals surface area contributed by atoms with Gasteiger partial charge in [0.2, 0.25) is 0 Å². The zero-order chi connectivity index (χ0) is 16.6. The topological polar surface area (TPSA) is 62.5 Å². The Bertz CT molecular complexity index is 716. The minimum absolute atomic E-state index is 0.0194. The molecule has 0 radical (unpaired) electrons. The van der Waals surface area contributed by atoms with Gasteiger partial charge in [-0.05, 0) is 24.3 Å². The van der Waals surface area contributed by atoms with Crippen molar-refractivity contribution in [2.75, 3.05) is 0 Å². The van der Waals surface area contributed by atoms with E-state index in [1.54, 1.807) is 0 Å². The van der Waals surface area contributed by atoms with E-state index < -0.39 is 6.10 Å². The summed E-state index contributed by atoms with van der Waals surface area (Å²) >= 11 is 0. The summed E-state index contributed by atoms with van der Waals surface area (Å²) in [6.45, 7) is 6.51. The van der Waals surface area contributed by atoms with Crippen LogP contribution in [0.3, 0.4) is 0 Å². The second-order valence-corrected chi connectivity index (χ2v) is 7.12. The van der Waals surface area contributed by atoms with Gasteiger partial charge >= 0.3 is 0 Å². The first kappa shape index (κ1) is 15.8. The second kappa shape index (κ2) is 5.85. The molecule has 4 heteroatoms. The van der Waals surface area contributed by atoms with Crippen molar-refractivity contribution >= 4 is 5.91 Å². The largest absolute Gasteiger partial charge is 0.455 e. The highest BCUT2D eigenvalue weighted by molar-refractivity contribution is 5.93. The first-order valence-corrected chi connectivity index (χ1v) is 8.00. The van der Waals surface area contributed by atoms with Crippen LogP contribution in [0.2, 0.25) is 0 Å². The van der Waals surface area contributed by atoms with E-state index in [-0.39, 0.29) is 11.3 Å². The predicted molar refractivity (Wildman–Crippen MR) is 88.1 cm³/mol. The van der Waals surface area contributed by atoms with Crippen molar-refractivity contribution in [3.8, 4) is 0 Å². The molecule has 1 aromatic heterocycles. The molecule has 1 aliphatic rings. The summed E-state index contributed by atoms with van der Waals surface area (Å²) in [5.41, 5.74) is 2.58. The van der Waals surface area contributed by atoms with Crippen LogP contribution in [0.25, 0.3) is 0 Å². The second-order valence-electron chi connectivity index (χ2n) is 7.12. The Hall–Kier alpha value is -2.07. The number of hydrogen-bond donors (Lipinski definition) is 2. The summed E-state index contributed by atoms with van der Waals surface area (Å²) in [6, 6.07) is 9.76. The first-order chi connectivity index (χ1) is 10.9. The number of amides is 1. The molecule has 1 aliphatic carbocycles. The number of furan rings is 1. The fourth-order valence-electron chi connectivity index (χ4n) is 3.36. The lowest BCUT2D eigenvalue weighted by Crippen LogP contribution is -2.25. The number of aliphatic hydroxyl groups is 1. The highest BCUT2D eigenvalue weighted by Crippen LogP contribution is 2.43. The molecule has 3 rings (SSSR count). The Labute approximate surface area is 136 Å². The Morgan fingerprint density at radius 3 is 2.74 bits per heavy atom. The number of carbonyl (C=O) groups is 1. The summed E-state index contributed by atoms with van der Waals surface area (Å²) in [5.74, 6) is 0.838. The van der Waals surface area contributed by atoms with Crippen LogP contribution in [0.1, 0.15) is 59.4 Å². The molecule has 1 heterocycles. The highest BCUT2D eigenvalue weighted by atomic mass is 16.4. The Morgan fingerprint density at radius 2 is 2.04 bits per heavy atom. The number of nitrogens with one attached hydrogen (secondary N) is 1. The number of fused-ring (bicyclic) bond motifs is 1. The Kier molecular flexibility index (Phi) is 4.02. The minimum atomic E-state index is -0.562. The maximum atomic E-state index is 12.4. The van der Waals surface area contributed by atoms with Crippen molar-refractivity contribution in [2.45, 2.75) is 46.3 Å². The van der Waals surface area contributed by atoms with Gasteiger partial charge in [-0.1, -0.05) is 44.2 Å². The molecule has 2 N–H and O–H groups in total. The lowest BCUT2D eigenvalue weighted by atomic mass is 9.75. The van der Waals surface area contributed by atoms with Gasteiger partial charge < -0.3 is 14.8 Å². The summed E-state index contributed by atoms with van der Waals surface area (Å²) in [5, 5.41) is 13.3. The molecule has 4 nitrogen and oxygen atoms in total. The molecule has 0 unspecified atom stereocenters. The summed E-state index contributed by atoms with van der Waals surface area (Å²) < 4.78 is 5.82. The lowest BCUT2D eigenvalue weighted by molar-refractivity contribution is 0.0883. The molecule has 0 saturated carbocycles. The van der Waals surface area contributed by atoms with Gasteiger partial charge in [-0.15, -0.1) is 0 Å². The van der Waals surface area contributed by atoms with E-state index in [4.69, 9.17) is 4.42 Å². The molecule has 0 fully saturated rings. The van der Waals surface area contributed by atoms with E-state index in [9.17, 15) is 9.90 Å². The van der Waals surface area contributed by atoms with Crippen molar-refractivity contribution in [3.63, 3.8) is 0 Å². The molecule has 122 valence electrons. The predicted octanol–water partition coefficient (Wildman–Crippen LogP) is 3.52. The molecule has 2 aromatic rings. The van der Waals surface area contributed by atoms with Crippen LogP contribution < -0.4 is 5.32 Å². The molecule has 0 bridgehead atoms. The van der Waals surface area contributed by atoms with Gasteiger partial charge in [-0.25, -0.2) is 0 Å². The van der Waals surface area contributed by atoms with Crippen LogP contribution in [0.4, 0.5) is 0 Å². The zero-order valence-electron chi connectivity index (χ0n) is 13.8. The number of aliphatic hydroxyl groups excluding tert-OH is 1. The molecular weight excluding hydrogens is 290 g/mol. The monoisotopic (exact) mass is 313 g/mol. The normalized spacial score (nSPS) is 19.2. The quantitative estimate of drug-likeness (QED) is 0.911. The van der Waals surface area contributed by atoms with Crippen molar-refractivity contribution < 1.29 is 14.3 Å². The maximum absolute atomic E-state index is 12.4. The van der Waals surface area contributed by atoms with Crippen LogP contribution in [-0.4, -0.2) is 11.0 Å². The molecule has 1 aromatic carbocycles. The van der Waals surface area contributed by atoms with Gasteiger partial charge in [0.1, 0.15) is 5.76 Å². The van der Waals surface area contributed by atoms with Gasteiger partial charge in [0.15, 0.2) is 5.76 Å². The van der Waals surface area contributed by atoms with E-state index in [0.717, 1.165) is 28.9 Å². The van der Waals surface area contributed by atoms with Crippen LogP contribution in [-0.2, 0) is 13.0 Å². The van der Waals surface area contributed by atoms with Crippen molar-refractivity contribution in [2.24, 2.45) is 5.41 Å². The van der Waals surface area contributed by atoms with Crippen LogP contribution in [0.15, 0.2) is 34.7 Å². The number of benzene rings is 1. The number of rotatable bonds is 3.